The summed E-state index contributed by atoms with van der Waals surface area (Å²) >= 11 is 0. The molecular weight excluding hydrogens is 214 g/mol. The third kappa shape index (κ3) is 3.72. The molecule has 3 nitrogen and oxygen atoms in total. The molecule has 2 rings (SSSR count). The van der Waals surface area contributed by atoms with Gasteiger partial charge in [-0.1, -0.05) is 17.7 Å². The minimum absolute atomic E-state index is 0.0201. The number of nitrogens with two attached hydrogens (primary N) is 1. The first-order valence-electron chi connectivity index (χ1n) is 6.23. The van der Waals surface area contributed by atoms with Crippen LogP contribution in [-0.2, 0) is 4.74 Å². The summed E-state index contributed by atoms with van der Waals surface area (Å²) in [5.41, 5.74) is 8.16. The van der Waals surface area contributed by atoms with Gasteiger partial charge in [-0.3, -0.25) is 0 Å². The van der Waals surface area contributed by atoms with Crippen LogP contribution in [0.3, 0.4) is 0 Å². The third-order valence-corrected chi connectivity index (χ3v) is 3.00. The topological polar surface area (TPSA) is 44.5 Å². The number of aryl methyl sites for hydroxylation is 1. The largest absolute Gasteiger partial charge is 0.467 e. The van der Waals surface area contributed by atoms with E-state index >= 15 is 0 Å². The van der Waals surface area contributed by atoms with Crippen LogP contribution in [0.15, 0.2) is 18.2 Å². The molecular formula is C14H21NO2. The van der Waals surface area contributed by atoms with Gasteiger partial charge in [-0.25, -0.2) is 0 Å². The van der Waals surface area contributed by atoms with E-state index in [4.69, 9.17) is 15.2 Å². The van der Waals surface area contributed by atoms with Gasteiger partial charge in [0.1, 0.15) is 5.75 Å². The van der Waals surface area contributed by atoms with E-state index in [-0.39, 0.29) is 6.04 Å². The zero-order valence-electron chi connectivity index (χ0n) is 10.6. The molecule has 0 spiro atoms. The highest BCUT2D eigenvalue weighted by Crippen LogP contribution is 2.29. The molecule has 94 valence electrons. The second-order valence-corrected chi connectivity index (χ2v) is 4.91. The molecule has 0 radical (unpaired) electrons. The molecule has 0 aromatic heterocycles. The van der Waals surface area contributed by atoms with Gasteiger partial charge in [0.05, 0.1) is 6.61 Å². The summed E-state index contributed by atoms with van der Waals surface area (Å²) in [5.74, 6) is 1.60. The van der Waals surface area contributed by atoms with Crippen molar-refractivity contribution in [2.75, 3.05) is 13.4 Å². The molecule has 1 saturated carbocycles. The summed E-state index contributed by atoms with van der Waals surface area (Å²) in [6.07, 6.45) is 2.60. The van der Waals surface area contributed by atoms with Gasteiger partial charge in [0.2, 0.25) is 0 Å². The molecule has 0 aliphatic heterocycles. The van der Waals surface area contributed by atoms with Crippen molar-refractivity contribution >= 4 is 0 Å². The molecule has 2 N–H and O–H groups in total. The van der Waals surface area contributed by atoms with Gasteiger partial charge >= 0.3 is 0 Å². The van der Waals surface area contributed by atoms with Crippen molar-refractivity contribution in [3.05, 3.63) is 29.3 Å². The minimum atomic E-state index is -0.0201. The van der Waals surface area contributed by atoms with Gasteiger partial charge in [0.25, 0.3) is 0 Å². The van der Waals surface area contributed by atoms with E-state index in [1.54, 1.807) is 0 Å². The van der Waals surface area contributed by atoms with Gasteiger partial charge in [0.15, 0.2) is 6.79 Å². The van der Waals surface area contributed by atoms with Gasteiger partial charge in [-0.15, -0.1) is 0 Å². The van der Waals surface area contributed by atoms with Gasteiger partial charge in [-0.05, 0) is 38.7 Å². The Morgan fingerprint density at radius 3 is 2.82 bits per heavy atom. The van der Waals surface area contributed by atoms with Crippen LogP contribution in [0.2, 0.25) is 0 Å². The Balaban J connectivity index is 1.89. The van der Waals surface area contributed by atoms with Crippen molar-refractivity contribution in [2.24, 2.45) is 11.7 Å². The molecule has 1 fully saturated rings. The van der Waals surface area contributed by atoms with E-state index in [1.165, 1.54) is 18.4 Å². The fourth-order valence-corrected chi connectivity index (χ4v) is 1.76. The molecule has 1 aromatic carbocycles. The number of benzene rings is 1. The maximum Gasteiger partial charge on any atom is 0.189 e. The average Bonchev–Trinajstić information content (AvgIpc) is 3.09. The number of ether oxygens (including phenoxy) is 2. The fourth-order valence-electron chi connectivity index (χ4n) is 1.76. The van der Waals surface area contributed by atoms with Crippen LogP contribution in [0, 0.1) is 12.8 Å². The zero-order valence-corrected chi connectivity index (χ0v) is 10.6. The van der Waals surface area contributed by atoms with E-state index in [2.05, 4.69) is 13.0 Å². The first-order chi connectivity index (χ1) is 8.16. The number of hydrogen-bond acceptors (Lipinski definition) is 3. The Bertz CT molecular complexity index is 372. The molecule has 3 heteroatoms. The Morgan fingerprint density at radius 2 is 2.18 bits per heavy atom. The lowest BCUT2D eigenvalue weighted by Gasteiger charge is -2.14. The molecule has 0 bridgehead atoms. The van der Waals surface area contributed by atoms with Crippen molar-refractivity contribution in [1.82, 2.24) is 0 Å². The lowest BCUT2D eigenvalue weighted by atomic mass is 10.1. The van der Waals surface area contributed by atoms with Crippen LogP contribution in [0.5, 0.6) is 5.75 Å². The first kappa shape index (κ1) is 12.4. The second-order valence-electron chi connectivity index (χ2n) is 4.91. The Hall–Kier alpha value is -1.06. The summed E-state index contributed by atoms with van der Waals surface area (Å²) in [7, 11) is 0. The first-order valence-corrected chi connectivity index (χ1v) is 6.23. The van der Waals surface area contributed by atoms with Crippen molar-refractivity contribution in [2.45, 2.75) is 32.7 Å². The molecule has 17 heavy (non-hydrogen) atoms. The van der Waals surface area contributed by atoms with Crippen LogP contribution in [0.1, 0.15) is 36.9 Å². The standard InChI is InChI=1S/C14H21NO2/c1-10-3-6-14(13(7-10)11(2)15)17-9-16-8-12-4-5-12/h3,6-7,11-12H,4-5,8-9,15H2,1-2H3/t11-/m0/s1. The molecule has 1 aliphatic carbocycles. The molecule has 1 aromatic rings. The lowest BCUT2D eigenvalue weighted by Crippen LogP contribution is -2.11. The SMILES string of the molecule is Cc1ccc(OCOCC2CC2)c([C@H](C)N)c1. The van der Waals surface area contributed by atoms with E-state index in [0.29, 0.717) is 6.79 Å². The quantitative estimate of drug-likeness (QED) is 0.609. The van der Waals surface area contributed by atoms with E-state index in [0.717, 1.165) is 23.8 Å². The minimum Gasteiger partial charge on any atom is -0.467 e. The fraction of sp³-hybridized carbons (Fsp3) is 0.571. The Kier molecular flexibility index (Phi) is 4.02. The van der Waals surface area contributed by atoms with Crippen LogP contribution < -0.4 is 10.5 Å². The number of rotatable bonds is 6. The van der Waals surface area contributed by atoms with Gasteiger partial charge in [-0.2, -0.15) is 0 Å². The van der Waals surface area contributed by atoms with Crippen LogP contribution in [0.25, 0.3) is 0 Å². The molecule has 0 saturated heterocycles. The lowest BCUT2D eigenvalue weighted by molar-refractivity contribution is 0.00933. The Morgan fingerprint density at radius 1 is 1.41 bits per heavy atom. The molecule has 0 heterocycles. The van der Waals surface area contributed by atoms with Crippen molar-refractivity contribution < 1.29 is 9.47 Å². The highest BCUT2D eigenvalue weighted by atomic mass is 16.7. The predicted molar refractivity (Wildman–Crippen MR) is 68.0 cm³/mol. The molecule has 0 unspecified atom stereocenters. The second kappa shape index (κ2) is 5.52. The predicted octanol–water partition coefficient (Wildman–Crippen LogP) is 2.78. The zero-order chi connectivity index (χ0) is 12.3. The summed E-state index contributed by atoms with van der Waals surface area (Å²) in [4.78, 5) is 0. The van der Waals surface area contributed by atoms with Crippen LogP contribution in [0.4, 0.5) is 0 Å². The highest BCUT2D eigenvalue weighted by molar-refractivity contribution is 5.38. The van der Waals surface area contributed by atoms with E-state index in [9.17, 15) is 0 Å². The van der Waals surface area contributed by atoms with Crippen molar-refractivity contribution in [3.8, 4) is 5.75 Å². The smallest absolute Gasteiger partial charge is 0.189 e. The molecule has 0 amide bonds. The van der Waals surface area contributed by atoms with Crippen molar-refractivity contribution in [1.29, 1.82) is 0 Å². The van der Waals surface area contributed by atoms with E-state index < -0.39 is 0 Å². The van der Waals surface area contributed by atoms with Crippen LogP contribution >= 0.6 is 0 Å². The maximum atomic E-state index is 5.93. The third-order valence-electron chi connectivity index (χ3n) is 3.00. The van der Waals surface area contributed by atoms with Crippen LogP contribution in [-0.4, -0.2) is 13.4 Å². The summed E-state index contributed by atoms with van der Waals surface area (Å²) < 4.78 is 11.1. The van der Waals surface area contributed by atoms with Gasteiger partial charge in [0, 0.05) is 11.6 Å². The highest BCUT2D eigenvalue weighted by Gasteiger charge is 2.21. The normalized spacial score (nSPS) is 16.9. The summed E-state index contributed by atoms with van der Waals surface area (Å²) in [6, 6.07) is 6.05. The molecule has 1 aliphatic rings. The summed E-state index contributed by atoms with van der Waals surface area (Å²) in [5, 5.41) is 0. The van der Waals surface area contributed by atoms with Gasteiger partial charge < -0.3 is 15.2 Å². The van der Waals surface area contributed by atoms with E-state index in [1.807, 2.05) is 19.1 Å². The van der Waals surface area contributed by atoms with Crippen molar-refractivity contribution in [3.63, 3.8) is 0 Å². The maximum absolute atomic E-state index is 5.93. The summed E-state index contributed by atoms with van der Waals surface area (Å²) in [6.45, 7) is 5.16. The Labute approximate surface area is 103 Å². The average molecular weight is 235 g/mol. The number of hydrogen-bond donors (Lipinski definition) is 1. The monoisotopic (exact) mass is 235 g/mol. The molecule has 1 atom stereocenters.